The predicted octanol–water partition coefficient (Wildman–Crippen LogP) is 5.77. The largest absolute Gasteiger partial charge is 0.483 e. The minimum atomic E-state index is 0.0717. The van der Waals surface area contributed by atoms with Crippen LogP contribution >= 0.6 is 11.3 Å². The fourth-order valence-corrected chi connectivity index (χ4v) is 5.23. The van der Waals surface area contributed by atoms with E-state index in [9.17, 15) is 0 Å². The molecule has 0 unspecified atom stereocenters. The Labute approximate surface area is 196 Å². The van der Waals surface area contributed by atoms with Gasteiger partial charge in [-0.05, 0) is 74.6 Å². The molecule has 2 N–H and O–H groups in total. The average molecular weight is 450 g/mol. The molecular formula is C27H35N3OS. The maximum atomic E-state index is 6.49. The third-order valence-electron chi connectivity index (χ3n) is 6.28. The molecule has 1 aliphatic heterocycles. The highest BCUT2D eigenvalue weighted by Crippen LogP contribution is 2.32. The standard InChI is InChI=1S/C27H35N3OS/c1-28-16-13-26(27-12-7-21-32-27)31-25-11-6-5-10-24(25)29-17-20-30-18-14-23(15-19-30)22-8-3-2-4-9-22/h2-12,21,23,26,28-29H,13-20H2,1H3/t26-/m1/s1. The number of likely N-dealkylation sites (tertiary alicyclic amines) is 1. The van der Waals surface area contributed by atoms with Crippen molar-refractivity contribution in [2.24, 2.45) is 0 Å². The number of rotatable bonds is 11. The second-order valence-corrected chi connectivity index (χ2v) is 9.44. The number of nitrogens with zero attached hydrogens (tertiary/aromatic N) is 1. The summed E-state index contributed by atoms with van der Waals surface area (Å²) in [4.78, 5) is 3.86. The molecule has 0 amide bonds. The van der Waals surface area contributed by atoms with E-state index in [1.807, 2.05) is 7.05 Å². The van der Waals surface area contributed by atoms with Gasteiger partial charge in [-0.3, -0.25) is 0 Å². The summed E-state index contributed by atoms with van der Waals surface area (Å²) in [6, 6.07) is 23.6. The zero-order valence-corrected chi connectivity index (χ0v) is 19.8. The van der Waals surface area contributed by atoms with Gasteiger partial charge in [-0.25, -0.2) is 0 Å². The highest BCUT2D eigenvalue weighted by Gasteiger charge is 2.20. The molecule has 4 rings (SSSR count). The fourth-order valence-electron chi connectivity index (χ4n) is 4.44. The second-order valence-electron chi connectivity index (χ2n) is 8.46. The first-order chi connectivity index (χ1) is 15.8. The molecule has 5 heteroatoms. The number of benzene rings is 2. The Morgan fingerprint density at radius 1 is 0.969 bits per heavy atom. The van der Waals surface area contributed by atoms with E-state index in [1.165, 1.54) is 36.4 Å². The van der Waals surface area contributed by atoms with Crippen molar-refractivity contribution in [3.63, 3.8) is 0 Å². The molecule has 4 nitrogen and oxygen atoms in total. The number of piperidine rings is 1. The summed E-state index contributed by atoms with van der Waals surface area (Å²) < 4.78 is 6.49. The maximum absolute atomic E-state index is 6.49. The maximum Gasteiger partial charge on any atom is 0.143 e. The lowest BCUT2D eigenvalue weighted by atomic mass is 9.89. The summed E-state index contributed by atoms with van der Waals surface area (Å²) in [5.41, 5.74) is 2.58. The quantitative estimate of drug-likeness (QED) is 0.390. The third kappa shape index (κ3) is 6.35. The lowest BCUT2D eigenvalue weighted by Gasteiger charge is -2.32. The molecule has 2 aromatic carbocycles. The predicted molar refractivity (Wildman–Crippen MR) is 136 cm³/mol. The van der Waals surface area contributed by atoms with Gasteiger partial charge in [0.05, 0.1) is 5.69 Å². The highest BCUT2D eigenvalue weighted by molar-refractivity contribution is 7.10. The second kappa shape index (κ2) is 12.0. The number of para-hydroxylation sites is 2. The lowest BCUT2D eigenvalue weighted by Crippen LogP contribution is -2.36. The van der Waals surface area contributed by atoms with Gasteiger partial charge in [-0.2, -0.15) is 0 Å². The Balaban J connectivity index is 1.28. The topological polar surface area (TPSA) is 36.5 Å². The summed E-state index contributed by atoms with van der Waals surface area (Å²) in [6.07, 6.45) is 3.51. The molecule has 3 aromatic rings. The first-order valence-electron chi connectivity index (χ1n) is 11.8. The van der Waals surface area contributed by atoms with E-state index in [0.29, 0.717) is 5.92 Å². The van der Waals surface area contributed by atoms with Gasteiger partial charge in [-0.1, -0.05) is 48.5 Å². The van der Waals surface area contributed by atoms with Crippen molar-refractivity contribution in [2.75, 3.05) is 45.1 Å². The number of anilines is 1. The molecule has 170 valence electrons. The summed E-state index contributed by atoms with van der Waals surface area (Å²) in [7, 11) is 1.99. The number of ether oxygens (including phenoxy) is 1. The van der Waals surface area contributed by atoms with E-state index in [2.05, 4.69) is 87.6 Å². The van der Waals surface area contributed by atoms with Crippen LogP contribution < -0.4 is 15.4 Å². The van der Waals surface area contributed by atoms with Crippen molar-refractivity contribution in [2.45, 2.75) is 31.3 Å². The highest BCUT2D eigenvalue weighted by atomic mass is 32.1. The smallest absolute Gasteiger partial charge is 0.143 e. The SMILES string of the molecule is CNCC[C@@H](Oc1ccccc1NCCN1CCC(c2ccccc2)CC1)c1cccs1. The summed E-state index contributed by atoms with van der Waals surface area (Å²) >= 11 is 1.76. The van der Waals surface area contributed by atoms with E-state index in [1.54, 1.807) is 11.3 Å². The Morgan fingerprint density at radius 3 is 2.50 bits per heavy atom. The van der Waals surface area contributed by atoms with Crippen molar-refractivity contribution in [3.05, 3.63) is 82.6 Å². The van der Waals surface area contributed by atoms with Crippen LogP contribution in [0.25, 0.3) is 0 Å². The molecule has 1 aromatic heterocycles. The zero-order valence-electron chi connectivity index (χ0n) is 19.0. The zero-order chi connectivity index (χ0) is 22.0. The van der Waals surface area contributed by atoms with E-state index < -0.39 is 0 Å². The van der Waals surface area contributed by atoms with Gasteiger partial charge in [0.1, 0.15) is 11.9 Å². The molecule has 0 saturated carbocycles. The Bertz CT molecular complexity index is 908. The van der Waals surface area contributed by atoms with Gasteiger partial charge in [-0.15, -0.1) is 11.3 Å². The molecule has 0 aliphatic carbocycles. The van der Waals surface area contributed by atoms with Gasteiger partial charge in [0.25, 0.3) is 0 Å². The molecule has 0 radical (unpaired) electrons. The van der Waals surface area contributed by atoms with Crippen molar-refractivity contribution in [3.8, 4) is 5.75 Å². The lowest BCUT2D eigenvalue weighted by molar-refractivity contribution is 0.199. The van der Waals surface area contributed by atoms with Gasteiger partial charge < -0.3 is 20.3 Å². The Kier molecular flexibility index (Phi) is 8.60. The molecule has 2 heterocycles. The Hall–Kier alpha value is -2.34. The van der Waals surface area contributed by atoms with Crippen LogP contribution in [0.2, 0.25) is 0 Å². The molecule has 1 fully saturated rings. The van der Waals surface area contributed by atoms with Gasteiger partial charge >= 0.3 is 0 Å². The number of thiophene rings is 1. The Morgan fingerprint density at radius 2 is 1.75 bits per heavy atom. The molecule has 0 spiro atoms. The molecule has 1 atom stereocenters. The van der Waals surface area contributed by atoms with Crippen LogP contribution in [-0.4, -0.2) is 44.7 Å². The van der Waals surface area contributed by atoms with Crippen LogP contribution in [0.3, 0.4) is 0 Å². The molecule has 1 aliphatic rings. The third-order valence-corrected chi connectivity index (χ3v) is 7.24. The molecular weight excluding hydrogens is 414 g/mol. The van der Waals surface area contributed by atoms with Gasteiger partial charge in [0.2, 0.25) is 0 Å². The number of nitrogens with one attached hydrogen (secondary N) is 2. The van der Waals surface area contributed by atoms with Crippen LogP contribution in [0.5, 0.6) is 5.75 Å². The first-order valence-corrected chi connectivity index (χ1v) is 12.7. The summed E-state index contributed by atoms with van der Waals surface area (Å²) in [5.74, 6) is 1.64. The van der Waals surface area contributed by atoms with Crippen LogP contribution in [0.1, 0.15) is 41.7 Å². The first kappa shape index (κ1) is 22.8. The molecule has 32 heavy (non-hydrogen) atoms. The fraction of sp³-hybridized carbons (Fsp3) is 0.407. The van der Waals surface area contributed by atoms with Gasteiger partial charge in [0.15, 0.2) is 0 Å². The van der Waals surface area contributed by atoms with E-state index in [4.69, 9.17) is 4.74 Å². The van der Waals surface area contributed by atoms with Crippen molar-refractivity contribution in [1.82, 2.24) is 10.2 Å². The van der Waals surface area contributed by atoms with E-state index in [-0.39, 0.29) is 6.10 Å². The number of hydrogen-bond donors (Lipinski definition) is 2. The normalized spacial score (nSPS) is 16.0. The van der Waals surface area contributed by atoms with Crippen LogP contribution in [-0.2, 0) is 0 Å². The van der Waals surface area contributed by atoms with E-state index >= 15 is 0 Å². The van der Waals surface area contributed by atoms with Crippen LogP contribution in [0, 0.1) is 0 Å². The summed E-state index contributed by atoms with van der Waals surface area (Å²) in [6.45, 7) is 5.26. The number of hydrogen-bond acceptors (Lipinski definition) is 5. The minimum Gasteiger partial charge on any atom is -0.483 e. The van der Waals surface area contributed by atoms with Crippen molar-refractivity contribution < 1.29 is 4.74 Å². The van der Waals surface area contributed by atoms with Crippen LogP contribution in [0.15, 0.2) is 72.1 Å². The van der Waals surface area contributed by atoms with Crippen molar-refractivity contribution >= 4 is 17.0 Å². The molecule has 0 bridgehead atoms. The van der Waals surface area contributed by atoms with Crippen LogP contribution in [0.4, 0.5) is 5.69 Å². The monoisotopic (exact) mass is 449 g/mol. The average Bonchev–Trinajstić information content (AvgIpc) is 3.39. The van der Waals surface area contributed by atoms with Gasteiger partial charge in [0, 0.05) is 24.4 Å². The van der Waals surface area contributed by atoms with Crippen molar-refractivity contribution in [1.29, 1.82) is 0 Å². The molecule has 1 saturated heterocycles. The van der Waals surface area contributed by atoms with E-state index in [0.717, 1.165) is 37.5 Å². The summed E-state index contributed by atoms with van der Waals surface area (Å²) in [5, 5.41) is 9.00. The minimum absolute atomic E-state index is 0.0717.